The van der Waals surface area contributed by atoms with Gasteiger partial charge in [-0.2, -0.15) is 0 Å². The van der Waals surface area contributed by atoms with Gasteiger partial charge in [-0.05, 0) is 19.1 Å². The molecule has 0 atom stereocenters. The Morgan fingerprint density at radius 3 is 2.39 bits per heavy atom. The summed E-state index contributed by atoms with van der Waals surface area (Å²) in [7, 11) is 1.46. The lowest BCUT2D eigenvalue weighted by Crippen LogP contribution is -2.06. The molecule has 2 aromatic carbocycles. The van der Waals surface area contributed by atoms with Crippen molar-refractivity contribution in [3.05, 3.63) is 46.3 Å². The number of hydrogen-bond acceptors (Lipinski definition) is 6. The summed E-state index contributed by atoms with van der Waals surface area (Å²) in [6.45, 7) is 1.57. The highest BCUT2D eigenvalue weighted by Crippen LogP contribution is 2.36. The average molecular weight is 314 g/mol. The lowest BCUT2D eigenvalue weighted by Gasteiger charge is -2.09. The Labute approximate surface area is 130 Å². The third kappa shape index (κ3) is 2.24. The highest BCUT2D eigenvalue weighted by atomic mass is 16.5. The van der Waals surface area contributed by atoms with Gasteiger partial charge in [-0.3, -0.25) is 4.79 Å². The number of phenols is 3. The van der Waals surface area contributed by atoms with Crippen molar-refractivity contribution in [2.24, 2.45) is 0 Å². The van der Waals surface area contributed by atoms with Crippen LogP contribution in [0.1, 0.15) is 5.56 Å². The van der Waals surface area contributed by atoms with Crippen molar-refractivity contribution < 1.29 is 24.5 Å². The molecule has 3 rings (SSSR count). The van der Waals surface area contributed by atoms with Crippen LogP contribution in [0.3, 0.4) is 0 Å². The Morgan fingerprint density at radius 1 is 1.00 bits per heavy atom. The van der Waals surface area contributed by atoms with E-state index < -0.39 is 5.43 Å². The maximum absolute atomic E-state index is 12.7. The third-order valence-corrected chi connectivity index (χ3v) is 3.74. The molecule has 118 valence electrons. The number of benzene rings is 2. The van der Waals surface area contributed by atoms with Gasteiger partial charge in [-0.1, -0.05) is 0 Å². The van der Waals surface area contributed by atoms with E-state index in [1.165, 1.54) is 25.5 Å². The van der Waals surface area contributed by atoms with E-state index in [0.29, 0.717) is 11.3 Å². The number of phenolic OH excluding ortho intramolecular Hbond substituents is 3. The molecule has 0 aliphatic carbocycles. The Bertz CT molecular complexity index is 971. The van der Waals surface area contributed by atoms with Crippen LogP contribution in [0.5, 0.6) is 23.0 Å². The smallest absolute Gasteiger partial charge is 0.204 e. The first kappa shape index (κ1) is 14.8. The molecule has 0 amide bonds. The zero-order valence-corrected chi connectivity index (χ0v) is 12.5. The standard InChI is InChI=1S/C17H14O6/c1-8-12(18)6-14(20)15-16(21)11(7-23-17(8)15)10-4-3-9(22-2)5-13(10)19/h3-7,18-20H,1-2H3. The number of aryl methyl sites for hydroxylation is 1. The quantitative estimate of drug-likeness (QED) is 0.672. The van der Waals surface area contributed by atoms with Gasteiger partial charge in [0.25, 0.3) is 0 Å². The minimum atomic E-state index is -0.507. The molecule has 1 heterocycles. The van der Waals surface area contributed by atoms with Gasteiger partial charge < -0.3 is 24.5 Å². The molecule has 6 nitrogen and oxygen atoms in total. The molecular formula is C17H14O6. The van der Waals surface area contributed by atoms with Crippen molar-refractivity contribution in [1.82, 2.24) is 0 Å². The summed E-state index contributed by atoms with van der Waals surface area (Å²) in [5, 5.41) is 29.7. The van der Waals surface area contributed by atoms with E-state index in [-0.39, 0.29) is 39.3 Å². The second-order valence-corrected chi connectivity index (χ2v) is 5.11. The topological polar surface area (TPSA) is 100 Å². The van der Waals surface area contributed by atoms with Crippen molar-refractivity contribution in [1.29, 1.82) is 0 Å². The van der Waals surface area contributed by atoms with Crippen LogP contribution in [0.4, 0.5) is 0 Å². The molecule has 0 aliphatic rings. The highest BCUT2D eigenvalue weighted by molar-refractivity contribution is 5.91. The molecule has 3 aromatic rings. The van der Waals surface area contributed by atoms with Crippen LogP contribution in [-0.2, 0) is 0 Å². The summed E-state index contributed by atoms with van der Waals surface area (Å²) in [6.07, 6.45) is 1.19. The lowest BCUT2D eigenvalue weighted by molar-refractivity contribution is 0.408. The van der Waals surface area contributed by atoms with E-state index in [9.17, 15) is 20.1 Å². The van der Waals surface area contributed by atoms with Gasteiger partial charge in [0.1, 0.15) is 40.2 Å². The molecule has 0 fully saturated rings. The summed E-state index contributed by atoms with van der Waals surface area (Å²) in [5.41, 5.74) is 0.293. The zero-order valence-electron chi connectivity index (χ0n) is 12.5. The Balaban J connectivity index is 2.33. The normalized spacial score (nSPS) is 10.9. The first-order valence-corrected chi connectivity index (χ1v) is 6.78. The van der Waals surface area contributed by atoms with Crippen molar-refractivity contribution in [3.63, 3.8) is 0 Å². The summed E-state index contributed by atoms with van der Waals surface area (Å²) in [4.78, 5) is 12.7. The predicted molar refractivity (Wildman–Crippen MR) is 84.2 cm³/mol. The second kappa shape index (κ2) is 5.24. The first-order valence-electron chi connectivity index (χ1n) is 6.78. The van der Waals surface area contributed by atoms with Crippen LogP contribution >= 0.6 is 0 Å². The molecular weight excluding hydrogens is 300 g/mol. The summed E-state index contributed by atoms with van der Waals surface area (Å²) < 4.78 is 10.4. The average Bonchev–Trinajstić information content (AvgIpc) is 2.52. The number of fused-ring (bicyclic) bond motifs is 1. The maximum atomic E-state index is 12.7. The fourth-order valence-corrected chi connectivity index (χ4v) is 2.45. The number of ether oxygens (including phenoxy) is 1. The van der Waals surface area contributed by atoms with Crippen LogP contribution < -0.4 is 10.2 Å². The largest absolute Gasteiger partial charge is 0.507 e. The first-order chi connectivity index (χ1) is 10.9. The van der Waals surface area contributed by atoms with Crippen LogP contribution in [-0.4, -0.2) is 22.4 Å². The van der Waals surface area contributed by atoms with Crippen LogP contribution in [0.2, 0.25) is 0 Å². The van der Waals surface area contributed by atoms with E-state index in [1.807, 2.05) is 0 Å². The molecule has 3 N–H and O–H groups in total. The fraction of sp³-hybridized carbons (Fsp3) is 0.118. The SMILES string of the molecule is COc1ccc(-c2coc3c(C)c(O)cc(O)c3c2=O)c(O)c1. The Morgan fingerprint density at radius 2 is 1.74 bits per heavy atom. The van der Waals surface area contributed by atoms with Gasteiger partial charge in [0.2, 0.25) is 5.43 Å². The number of methoxy groups -OCH3 is 1. The van der Waals surface area contributed by atoms with Crippen LogP contribution in [0, 0.1) is 6.92 Å². The summed E-state index contributed by atoms with van der Waals surface area (Å²) >= 11 is 0. The summed E-state index contributed by atoms with van der Waals surface area (Å²) in [5.74, 6) is -0.254. The van der Waals surface area contributed by atoms with Gasteiger partial charge in [-0.15, -0.1) is 0 Å². The van der Waals surface area contributed by atoms with Gasteiger partial charge in [0, 0.05) is 23.3 Å². The zero-order chi connectivity index (χ0) is 16.7. The molecule has 0 saturated heterocycles. The van der Waals surface area contributed by atoms with E-state index >= 15 is 0 Å². The molecule has 23 heavy (non-hydrogen) atoms. The molecule has 0 radical (unpaired) electrons. The highest BCUT2D eigenvalue weighted by Gasteiger charge is 2.18. The van der Waals surface area contributed by atoms with Crippen molar-refractivity contribution in [2.45, 2.75) is 6.92 Å². The van der Waals surface area contributed by atoms with E-state index in [1.54, 1.807) is 13.0 Å². The monoisotopic (exact) mass is 314 g/mol. The van der Waals surface area contributed by atoms with Gasteiger partial charge in [0.05, 0.1) is 12.7 Å². The lowest BCUT2D eigenvalue weighted by atomic mass is 10.0. The Kier molecular flexibility index (Phi) is 3.37. The maximum Gasteiger partial charge on any atom is 0.204 e. The molecule has 6 heteroatoms. The minimum Gasteiger partial charge on any atom is -0.507 e. The molecule has 0 saturated carbocycles. The number of rotatable bonds is 2. The van der Waals surface area contributed by atoms with Crippen LogP contribution in [0.25, 0.3) is 22.1 Å². The van der Waals surface area contributed by atoms with Crippen molar-refractivity contribution in [2.75, 3.05) is 7.11 Å². The second-order valence-electron chi connectivity index (χ2n) is 5.11. The number of aromatic hydroxyl groups is 3. The van der Waals surface area contributed by atoms with Crippen LogP contribution in [0.15, 0.2) is 39.7 Å². The van der Waals surface area contributed by atoms with Gasteiger partial charge in [-0.25, -0.2) is 0 Å². The molecule has 0 unspecified atom stereocenters. The molecule has 0 bridgehead atoms. The Hall–Kier alpha value is -3.15. The van der Waals surface area contributed by atoms with Crippen molar-refractivity contribution >= 4 is 11.0 Å². The van der Waals surface area contributed by atoms with E-state index in [2.05, 4.69) is 0 Å². The summed E-state index contributed by atoms with van der Waals surface area (Å²) in [6, 6.07) is 5.59. The van der Waals surface area contributed by atoms with E-state index in [4.69, 9.17) is 9.15 Å². The minimum absolute atomic E-state index is 0.0481. The molecule has 0 aliphatic heterocycles. The fourth-order valence-electron chi connectivity index (χ4n) is 2.45. The van der Waals surface area contributed by atoms with Gasteiger partial charge in [0.15, 0.2) is 0 Å². The van der Waals surface area contributed by atoms with E-state index in [0.717, 1.165) is 6.07 Å². The predicted octanol–water partition coefficient (Wildman–Crippen LogP) is 2.89. The van der Waals surface area contributed by atoms with Crippen molar-refractivity contribution in [3.8, 4) is 34.1 Å². The van der Waals surface area contributed by atoms with Gasteiger partial charge >= 0.3 is 0 Å². The molecule has 1 aromatic heterocycles. The third-order valence-electron chi connectivity index (χ3n) is 3.74. The number of hydrogen-bond donors (Lipinski definition) is 3. The molecule has 0 spiro atoms.